The summed E-state index contributed by atoms with van der Waals surface area (Å²) < 4.78 is 1.82. The molecule has 0 bridgehead atoms. The van der Waals surface area contributed by atoms with Crippen LogP contribution in [0.5, 0.6) is 0 Å². The molecule has 3 nitrogen and oxygen atoms in total. The Morgan fingerprint density at radius 2 is 1.94 bits per heavy atom. The maximum absolute atomic E-state index is 11.5. The van der Waals surface area contributed by atoms with E-state index in [2.05, 4.69) is 25.9 Å². The Kier molecular flexibility index (Phi) is 3.01. The van der Waals surface area contributed by atoms with Crippen LogP contribution in [-0.4, -0.2) is 22.8 Å². The SMILES string of the molecule is CC(C)(C)[C@@H]1CC([O-])=N/[N+]1=C\c1ccccc1. The molecule has 0 fully saturated rings. The van der Waals surface area contributed by atoms with E-state index in [1.807, 2.05) is 41.2 Å². The van der Waals surface area contributed by atoms with Crippen molar-refractivity contribution in [2.75, 3.05) is 0 Å². The Hall–Kier alpha value is -1.64. The first-order valence-electron chi connectivity index (χ1n) is 5.89. The second-order valence-corrected chi connectivity index (χ2v) is 5.50. The molecule has 0 amide bonds. The molecule has 1 aromatic rings. The van der Waals surface area contributed by atoms with Crippen LogP contribution in [0.2, 0.25) is 0 Å². The lowest BCUT2D eigenvalue weighted by Crippen LogP contribution is -2.34. The van der Waals surface area contributed by atoms with Gasteiger partial charge in [0.1, 0.15) is 0 Å². The summed E-state index contributed by atoms with van der Waals surface area (Å²) in [6, 6.07) is 10.1. The van der Waals surface area contributed by atoms with Crippen molar-refractivity contribution in [3.8, 4) is 0 Å². The Labute approximate surface area is 102 Å². The van der Waals surface area contributed by atoms with Gasteiger partial charge in [-0.2, -0.15) is 0 Å². The molecule has 2 rings (SSSR count). The third-order valence-corrected chi connectivity index (χ3v) is 2.99. The molecule has 0 aromatic heterocycles. The van der Waals surface area contributed by atoms with E-state index in [-0.39, 0.29) is 17.4 Å². The van der Waals surface area contributed by atoms with Crippen molar-refractivity contribution in [1.82, 2.24) is 0 Å². The van der Waals surface area contributed by atoms with Crippen LogP contribution in [0.1, 0.15) is 32.8 Å². The average molecular weight is 230 g/mol. The Morgan fingerprint density at radius 1 is 1.29 bits per heavy atom. The topological polar surface area (TPSA) is 38.4 Å². The molecule has 0 spiro atoms. The van der Waals surface area contributed by atoms with Gasteiger partial charge in [-0.1, -0.05) is 43.7 Å². The molecule has 0 saturated carbocycles. The molecule has 1 heterocycles. The van der Waals surface area contributed by atoms with E-state index in [4.69, 9.17) is 0 Å². The van der Waals surface area contributed by atoms with Crippen LogP contribution < -0.4 is 5.11 Å². The molecule has 1 atom stereocenters. The lowest BCUT2D eigenvalue weighted by atomic mass is 9.85. The first-order valence-corrected chi connectivity index (χ1v) is 5.89. The van der Waals surface area contributed by atoms with Gasteiger partial charge in [0.25, 0.3) is 0 Å². The van der Waals surface area contributed by atoms with Crippen molar-refractivity contribution in [3.63, 3.8) is 0 Å². The number of hydrogen-bond acceptors (Lipinski definition) is 2. The van der Waals surface area contributed by atoms with Crippen LogP contribution in [0.3, 0.4) is 0 Å². The second kappa shape index (κ2) is 4.32. The fourth-order valence-electron chi connectivity index (χ4n) is 2.01. The molecule has 0 aliphatic carbocycles. The first-order chi connectivity index (χ1) is 7.97. The minimum absolute atomic E-state index is 0.0305. The van der Waals surface area contributed by atoms with Gasteiger partial charge in [0.2, 0.25) is 6.21 Å². The van der Waals surface area contributed by atoms with Crippen LogP contribution >= 0.6 is 0 Å². The van der Waals surface area contributed by atoms with E-state index in [9.17, 15) is 5.11 Å². The van der Waals surface area contributed by atoms with E-state index in [0.29, 0.717) is 6.42 Å². The van der Waals surface area contributed by atoms with Crippen molar-refractivity contribution >= 4 is 12.1 Å². The lowest BCUT2D eigenvalue weighted by molar-refractivity contribution is -0.572. The third-order valence-electron chi connectivity index (χ3n) is 2.99. The number of hydrogen-bond donors (Lipinski definition) is 0. The molecule has 0 radical (unpaired) electrons. The van der Waals surface area contributed by atoms with Gasteiger partial charge in [-0.05, 0) is 17.2 Å². The largest absolute Gasteiger partial charge is 0.857 e. The summed E-state index contributed by atoms with van der Waals surface area (Å²) in [4.78, 5) is 0. The van der Waals surface area contributed by atoms with Gasteiger partial charge in [-0.15, -0.1) is 0 Å². The summed E-state index contributed by atoms with van der Waals surface area (Å²) in [7, 11) is 0. The van der Waals surface area contributed by atoms with Crippen molar-refractivity contribution in [1.29, 1.82) is 0 Å². The summed E-state index contributed by atoms with van der Waals surface area (Å²) in [5, 5.41) is 15.5. The van der Waals surface area contributed by atoms with Crippen molar-refractivity contribution in [2.24, 2.45) is 10.5 Å². The number of nitrogens with zero attached hydrogens (tertiary/aromatic N) is 2. The normalized spacial score (nSPS) is 22.9. The Balaban J connectivity index is 2.33. The van der Waals surface area contributed by atoms with Crippen molar-refractivity contribution in [2.45, 2.75) is 33.2 Å². The second-order valence-electron chi connectivity index (χ2n) is 5.50. The molecule has 0 saturated heterocycles. The van der Waals surface area contributed by atoms with Crippen molar-refractivity contribution in [3.05, 3.63) is 35.9 Å². The highest BCUT2D eigenvalue weighted by Gasteiger charge is 2.38. The van der Waals surface area contributed by atoms with Crippen LogP contribution in [0.25, 0.3) is 0 Å². The predicted molar refractivity (Wildman–Crippen MR) is 67.2 cm³/mol. The van der Waals surface area contributed by atoms with E-state index >= 15 is 0 Å². The van der Waals surface area contributed by atoms with Gasteiger partial charge >= 0.3 is 0 Å². The number of hydrazone groups is 1. The Bertz CT molecular complexity index is 455. The zero-order chi connectivity index (χ0) is 12.5. The monoisotopic (exact) mass is 230 g/mol. The standard InChI is InChI=1S/C14H18N2O/c1-14(2,3)12-9-13(17)15-16(12)10-11-7-5-4-6-8-11/h4-8,10,12H,9H2,1-3H3/b16-10-/t12-/m0/s1. The number of benzene rings is 1. The summed E-state index contributed by atoms with van der Waals surface area (Å²) >= 11 is 0. The van der Waals surface area contributed by atoms with Gasteiger partial charge in [0.15, 0.2) is 6.04 Å². The Morgan fingerprint density at radius 3 is 2.53 bits per heavy atom. The molecule has 1 aromatic carbocycles. The van der Waals surface area contributed by atoms with E-state index in [1.54, 1.807) is 0 Å². The van der Waals surface area contributed by atoms with E-state index < -0.39 is 0 Å². The molecule has 17 heavy (non-hydrogen) atoms. The summed E-state index contributed by atoms with van der Waals surface area (Å²) in [6.45, 7) is 6.41. The van der Waals surface area contributed by atoms with Crippen molar-refractivity contribution < 1.29 is 9.79 Å². The summed E-state index contributed by atoms with van der Waals surface area (Å²) in [5.74, 6) is -0.0305. The minimum Gasteiger partial charge on any atom is -0.857 e. The van der Waals surface area contributed by atoms with Gasteiger partial charge < -0.3 is 5.11 Å². The molecule has 3 heteroatoms. The van der Waals surface area contributed by atoms with Crippen LogP contribution in [0.4, 0.5) is 0 Å². The quantitative estimate of drug-likeness (QED) is 0.675. The number of rotatable bonds is 1. The van der Waals surface area contributed by atoms with E-state index in [0.717, 1.165) is 5.56 Å². The maximum atomic E-state index is 11.5. The molecule has 0 unspecified atom stereocenters. The fourth-order valence-corrected chi connectivity index (χ4v) is 2.01. The molecular formula is C14H18N2O. The highest BCUT2D eigenvalue weighted by Crippen LogP contribution is 2.27. The molecule has 1 aliphatic heterocycles. The predicted octanol–water partition coefficient (Wildman–Crippen LogP) is 1.61. The van der Waals surface area contributed by atoms with Gasteiger partial charge in [-0.25, -0.2) is 0 Å². The van der Waals surface area contributed by atoms with Crippen LogP contribution in [0.15, 0.2) is 35.4 Å². The third kappa shape index (κ3) is 2.73. The lowest BCUT2D eigenvalue weighted by Gasteiger charge is -2.21. The van der Waals surface area contributed by atoms with E-state index in [1.165, 1.54) is 0 Å². The van der Waals surface area contributed by atoms with Gasteiger partial charge in [0.05, 0.1) is 0 Å². The summed E-state index contributed by atoms with van der Waals surface area (Å²) in [5.41, 5.74) is 1.11. The summed E-state index contributed by atoms with van der Waals surface area (Å²) in [6.07, 6.45) is 2.45. The first kappa shape index (κ1) is 11.8. The zero-order valence-electron chi connectivity index (χ0n) is 10.6. The average Bonchev–Trinajstić information content (AvgIpc) is 2.60. The van der Waals surface area contributed by atoms with Gasteiger partial charge in [-0.3, -0.25) is 0 Å². The molecular weight excluding hydrogens is 212 g/mol. The molecule has 1 aliphatic rings. The molecule has 0 N–H and O–H groups in total. The highest BCUT2D eigenvalue weighted by atomic mass is 16.3. The fraction of sp³-hybridized carbons (Fsp3) is 0.429. The zero-order valence-corrected chi connectivity index (χ0v) is 10.6. The van der Waals surface area contributed by atoms with Crippen LogP contribution in [-0.2, 0) is 0 Å². The molecule has 90 valence electrons. The smallest absolute Gasteiger partial charge is 0.203 e. The van der Waals surface area contributed by atoms with Gasteiger partial charge in [0, 0.05) is 23.3 Å². The highest BCUT2D eigenvalue weighted by molar-refractivity contribution is 5.77. The van der Waals surface area contributed by atoms with Crippen LogP contribution in [0, 0.1) is 5.41 Å². The minimum atomic E-state index is -0.0305. The maximum Gasteiger partial charge on any atom is 0.203 e.